The molecule has 0 aliphatic carbocycles. The lowest BCUT2D eigenvalue weighted by molar-refractivity contribution is 0.505. The average Bonchev–Trinajstić information content (AvgIpc) is 2.34. The van der Waals surface area contributed by atoms with Crippen LogP contribution in [0.2, 0.25) is 0 Å². The van der Waals surface area contributed by atoms with Gasteiger partial charge in [-0.1, -0.05) is 23.8 Å². The lowest BCUT2D eigenvalue weighted by Crippen LogP contribution is -2.02. The topological polar surface area (TPSA) is 12.0 Å². The second kappa shape index (κ2) is 5.00. The molecule has 0 aliphatic rings. The molecule has 19 heavy (non-hydrogen) atoms. The Balaban J connectivity index is 2.47. The SMILES string of the molecule is Cc1ccc(Nc2c(C)cc(C)c(F)c2F)c(C)c1. The minimum absolute atomic E-state index is 0.204. The van der Waals surface area contributed by atoms with Crippen LogP contribution < -0.4 is 5.32 Å². The first kappa shape index (κ1) is 13.5. The molecule has 1 nitrogen and oxygen atoms in total. The van der Waals surface area contributed by atoms with Crippen LogP contribution in [0, 0.1) is 39.3 Å². The van der Waals surface area contributed by atoms with E-state index in [1.165, 1.54) is 0 Å². The third-order valence-electron chi connectivity index (χ3n) is 3.23. The van der Waals surface area contributed by atoms with Gasteiger partial charge in [-0.2, -0.15) is 0 Å². The van der Waals surface area contributed by atoms with E-state index in [-0.39, 0.29) is 5.69 Å². The maximum absolute atomic E-state index is 14.0. The van der Waals surface area contributed by atoms with Gasteiger partial charge in [0.1, 0.15) is 0 Å². The standard InChI is InChI=1S/C16H17F2N/c1-9-5-6-13(10(2)7-9)19-16-12(4)8-11(3)14(17)15(16)18/h5-8,19H,1-4H3. The van der Waals surface area contributed by atoms with Gasteiger partial charge in [0.25, 0.3) is 0 Å². The van der Waals surface area contributed by atoms with E-state index in [0.29, 0.717) is 11.1 Å². The molecule has 0 unspecified atom stereocenters. The monoisotopic (exact) mass is 261 g/mol. The van der Waals surface area contributed by atoms with Crippen molar-refractivity contribution < 1.29 is 8.78 Å². The van der Waals surface area contributed by atoms with Crippen molar-refractivity contribution in [3.8, 4) is 0 Å². The number of halogens is 2. The van der Waals surface area contributed by atoms with Crippen molar-refractivity contribution in [1.29, 1.82) is 0 Å². The Morgan fingerprint density at radius 3 is 2.11 bits per heavy atom. The van der Waals surface area contributed by atoms with Crippen LogP contribution in [0.4, 0.5) is 20.2 Å². The molecule has 2 aromatic rings. The summed E-state index contributed by atoms with van der Waals surface area (Å²) in [6.45, 7) is 7.26. The van der Waals surface area contributed by atoms with Gasteiger partial charge in [0.2, 0.25) is 0 Å². The Morgan fingerprint density at radius 1 is 0.789 bits per heavy atom. The van der Waals surface area contributed by atoms with Crippen molar-refractivity contribution in [2.24, 2.45) is 0 Å². The second-order valence-corrected chi connectivity index (χ2v) is 4.96. The number of rotatable bonds is 2. The Hall–Kier alpha value is -1.90. The van der Waals surface area contributed by atoms with Gasteiger partial charge >= 0.3 is 0 Å². The number of nitrogens with one attached hydrogen (secondary N) is 1. The Labute approximate surface area is 112 Å². The molecule has 0 amide bonds. The molecule has 0 saturated heterocycles. The zero-order chi connectivity index (χ0) is 14.2. The molecule has 0 aromatic heterocycles. The smallest absolute Gasteiger partial charge is 0.182 e. The molecule has 2 rings (SSSR count). The lowest BCUT2D eigenvalue weighted by Gasteiger charge is -2.15. The highest BCUT2D eigenvalue weighted by atomic mass is 19.2. The number of hydrogen-bond acceptors (Lipinski definition) is 1. The van der Waals surface area contributed by atoms with Gasteiger partial charge in [-0.05, 0) is 50.5 Å². The molecular weight excluding hydrogens is 244 g/mol. The van der Waals surface area contributed by atoms with Gasteiger partial charge < -0.3 is 5.32 Å². The Kier molecular flexibility index (Phi) is 3.56. The van der Waals surface area contributed by atoms with Crippen molar-refractivity contribution in [1.82, 2.24) is 0 Å². The van der Waals surface area contributed by atoms with Gasteiger partial charge in [0.15, 0.2) is 11.6 Å². The van der Waals surface area contributed by atoms with E-state index in [9.17, 15) is 8.78 Å². The number of benzene rings is 2. The predicted octanol–water partition coefficient (Wildman–Crippen LogP) is 4.94. The summed E-state index contributed by atoms with van der Waals surface area (Å²) in [5.74, 6) is -1.62. The summed E-state index contributed by atoms with van der Waals surface area (Å²) in [4.78, 5) is 0. The summed E-state index contributed by atoms with van der Waals surface area (Å²) in [7, 11) is 0. The zero-order valence-corrected chi connectivity index (χ0v) is 11.6. The summed E-state index contributed by atoms with van der Waals surface area (Å²) in [5, 5.41) is 2.99. The number of anilines is 2. The van der Waals surface area contributed by atoms with Crippen molar-refractivity contribution in [3.63, 3.8) is 0 Å². The molecule has 3 heteroatoms. The van der Waals surface area contributed by atoms with Crippen molar-refractivity contribution >= 4 is 11.4 Å². The molecule has 0 heterocycles. The highest BCUT2D eigenvalue weighted by Gasteiger charge is 2.15. The molecule has 2 aromatic carbocycles. The van der Waals surface area contributed by atoms with Crippen LogP contribution in [0.1, 0.15) is 22.3 Å². The minimum atomic E-state index is -0.822. The first-order valence-electron chi connectivity index (χ1n) is 6.19. The van der Waals surface area contributed by atoms with Crippen LogP contribution in [0.3, 0.4) is 0 Å². The largest absolute Gasteiger partial charge is 0.353 e. The molecular formula is C16H17F2N. The highest BCUT2D eigenvalue weighted by Crippen LogP contribution is 2.29. The summed E-state index contributed by atoms with van der Waals surface area (Å²) < 4.78 is 27.6. The molecule has 0 aliphatic heterocycles. The zero-order valence-electron chi connectivity index (χ0n) is 11.6. The van der Waals surface area contributed by atoms with Crippen molar-refractivity contribution in [3.05, 3.63) is 58.2 Å². The van der Waals surface area contributed by atoms with Crippen LogP contribution in [0.25, 0.3) is 0 Å². The van der Waals surface area contributed by atoms with E-state index < -0.39 is 11.6 Å². The Bertz CT molecular complexity index is 633. The average molecular weight is 261 g/mol. The van der Waals surface area contributed by atoms with E-state index in [1.54, 1.807) is 19.9 Å². The van der Waals surface area contributed by atoms with Crippen molar-refractivity contribution in [2.45, 2.75) is 27.7 Å². The van der Waals surface area contributed by atoms with E-state index >= 15 is 0 Å². The summed E-state index contributed by atoms with van der Waals surface area (Å²) in [6.07, 6.45) is 0. The van der Waals surface area contributed by atoms with E-state index in [1.807, 2.05) is 32.0 Å². The number of hydrogen-bond donors (Lipinski definition) is 1. The summed E-state index contributed by atoms with van der Waals surface area (Å²) >= 11 is 0. The first-order chi connectivity index (χ1) is 8.90. The quantitative estimate of drug-likeness (QED) is 0.807. The maximum atomic E-state index is 14.0. The maximum Gasteiger partial charge on any atom is 0.182 e. The second-order valence-electron chi connectivity index (χ2n) is 4.96. The van der Waals surface area contributed by atoms with Crippen LogP contribution in [-0.2, 0) is 0 Å². The fraction of sp³-hybridized carbons (Fsp3) is 0.250. The van der Waals surface area contributed by atoms with Crippen LogP contribution in [0.5, 0.6) is 0 Å². The normalized spacial score (nSPS) is 10.6. The summed E-state index contributed by atoms with van der Waals surface area (Å²) in [5.41, 5.74) is 4.14. The molecule has 0 bridgehead atoms. The third kappa shape index (κ3) is 2.60. The van der Waals surface area contributed by atoms with Crippen LogP contribution in [0.15, 0.2) is 24.3 Å². The van der Waals surface area contributed by atoms with Crippen LogP contribution >= 0.6 is 0 Å². The summed E-state index contributed by atoms with van der Waals surface area (Å²) in [6, 6.07) is 7.46. The molecule has 0 saturated carbocycles. The van der Waals surface area contributed by atoms with Crippen LogP contribution in [-0.4, -0.2) is 0 Å². The Morgan fingerprint density at radius 2 is 1.47 bits per heavy atom. The molecule has 0 atom stereocenters. The molecule has 0 fully saturated rings. The van der Waals surface area contributed by atoms with Gasteiger partial charge in [-0.25, -0.2) is 8.78 Å². The fourth-order valence-corrected chi connectivity index (χ4v) is 2.16. The molecule has 0 radical (unpaired) electrons. The van der Waals surface area contributed by atoms with Gasteiger partial charge in [0, 0.05) is 5.69 Å². The minimum Gasteiger partial charge on any atom is -0.353 e. The van der Waals surface area contributed by atoms with Gasteiger partial charge in [-0.3, -0.25) is 0 Å². The molecule has 0 spiro atoms. The third-order valence-corrected chi connectivity index (χ3v) is 3.23. The highest BCUT2D eigenvalue weighted by molar-refractivity contribution is 5.67. The molecule has 100 valence electrons. The number of aryl methyl sites for hydroxylation is 4. The predicted molar refractivity (Wildman–Crippen MR) is 75.0 cm³/mol. The van der Waals surface area contributed by atoms with E-state index in [2.05, 4.69) is 5.32 Å². The van der Waals surface area contributed by atoms with E-state index in [4.69, 9.17) is 0 Å². The van der Waals surface area contributed by atoms with Gasteiger partial charge in [-0.15, -0.1) is 0 Å². The first-order valence-corrected chi connectivity index (χ1v) is 6.19. The fourth-order valence-electron chi connectivity index (χ4n) is 2.16. The van der Waals surface area contributed by atoms with Gasteiger partial charge in [0.05, 0.1) is 5.69 Å². The van der Waals surface area contributed by atoms with Crippen molar-refractivity contribution in [2.75, 3.05) is 5.32 Å². The lowest BCUT2D eigenvalue weighted by atomic mass is 10.1. The molecule has 1 N–H and O–H groups in total. The van der Waals surface area contributed by atoms with E-state index in [0.717, 1.165) is 16.8 Å².